The lowest BCUT2D eigenvalue weighted by atomic mass is 10.2. The van der Waals surface area contributed by atoms with E-state index >= 15 is 0 Å². The van der Waals surface area contributed by atoms with E-state index in [9.17, 15) is 15.1 Å². The van der Waals surface area contributed by atoms with E-state index in [1.807, 2.05) is 0 Å². The number of nitrogens with zero attached hydrogens (tertiary/aromatic N) is 2. The number of hydrogen-bond donors (Lipinski definition) is 3. The standard InChI is InChI=1S/C13H11N3O3/c17-10-7-5-9(6-8-10)15-13(18)14-11-3-1-2-4-12(11)16(15)19/h1-8,17,19H,(H,14,18). The Morgan fingerprint density at radius 2 is 1.68 bits per heavy atom. The Kier molecular flexibility index (Phi) is 2.50. The van der Waals surface area contributed by atoms with Gasteiger partial charge < -0.3 is 10.4 Å². The Balaban J connectivity index is 2.04. The first kappa shape index (κ1) is 11.4. The summed E-state index contributed by atoms with van der Waals surface area (Å²) in [6.07, 6.45) is 0. The Bertz CT molecular complexity index is 627. The molecule has 0 unspecified atom stereocenters. The zero-order valence-corrected chi connectivity index (χ0v) is 9.82. The van der Waals surface area contributed by atoms with E-state index in [1.165, 1.54) is 24.3 Å². The molecule has 2 aromatic carbocycles. The van der Waals surface area contributed by atoms with Crippen LogP contribution < -0.4 is 15.5 Å². The number of nitrogens with one attached hydrogen (secondary N) is 1. The van der Waals surface area contributed by atoms with Crippen molar-refractivity contribution in [3.8, 4) is 5.75 Å². The molecule has 1 aliphatic heterocycles. The molecular formula is C13H11N3O3. The topological polar surface area (TPSA) is 76.0 Å². The van der Waals surface area contributed by atoms with Crippen molar-refractivity contribution in [2.24, 2.45) is 0 Å². The molecule has 0 saturated heterocycles. The minimum atomic E-state index is -0.480. The van der Waals surface area contributed by atoms with Crippen molar-refractivity contribution >= 4 is 23.1 Å². The third-order valence-electron chi connectivity index (χ3n) is 2.84. The van der Waals surface area contributed by atoms with Crippen LogP contribution in [-0.2, 0) is 0 Å². The molecule has 0 atom stereocenters. The van der Waals surface area contributed by atoms with Crippen molar-refractivity contribution in [2.75, 3.05) is 15.5 Å². The maximum atomic E-state index is 12.0. The molecule has 0 bridgehead atoms. The Morgan fingerprint density at radius 1 is 1.00 bits per heavy atom. The van der Waals surface area contributed by atoms with Gasteiger partial charge in [0, 0.05) is 0 Å². The third-order valence-corrected chi connectivity index (χ3v) is 2.84. The van der Waals surface area contributed by atoms with E-state index in [0.717, 1.165) is 10.2 Å². The maximum absolute atomic E-state index is 12.0. The molecule has 0 radical (unpaired) electrons. The first-order valence-electron chi connectivity index (χ1n) is 5.65. The van der Waals surface area contributed by atoms with Crippen molar-refractivity contribution in [2.45, 2.75) is 0 Å². The van der Waals surface area contributed by atoms with Gasteiger partial charge in [-0.05, 0) is 36.4 Å². The number of phenols is 1. The summed E-state index contributed by atoms with van der Waals surface area (Å²) in [6.45, 7) is 0. The maximum Gasteiger partial charge on any atom is 0.347 e. The van der Waals surface area contributed by atoms with Gasteiger partial charge in [-0.3, -0.25) is 5.21 Å². The van der Waals surface area contributed by atoms with E-state index in [-0.39, 0.29) is 5.75 Å². The minimum Gasteiger partial charge on any atom is -0.508 e. The second kappa shape index (κ2) is 4.18. The SMILES string of the molecule is O=C1Nc2ccccc2N(O)N1c1ccc(O)cc1. The van der Waals surface area contributed by atoms with Crippen LogP contribution in [0.25, 0.3) is 0 Å². The van der Waals surface area contributed by atoms with Gasteiger partial charge in [0.1, 0.15) is 11.4 Å². The van der Waals surface area contributed by atoms with Crippen LogP contribution in [0.1, 0.15) is 0 Å². The Hall–Kier alpha value is -2.73. The average Bonchev–Trinajstić information content (AvgIpc) is 2.41. The van der Waals surface area contributed by atoms with Crippen LogP contribution in [0.4, 0.5) is 21.9 Å². The summed E-state index contributed by atoms with van der Waals surface area (Å²) in [4.78, 5) is 12.0. The molecule has 1 heterocycles. The number of rotatable bonds is 1. The monoisotopic (exact) mass is 257 g/mol. The number of hydrazine groups is 1. The van der Waals surface area contributed by atoms with E-state index in [4.69, 9.17) is 0 Å². The number of benzene rings is 2. The van der Waals surface area contributed by atoms with Crippen LogP contribution in [0.3, 0.4) is 0 Å². The predicted molar refractivity (Wildman–Crippen MR) is 70.3 cm³/mol. The van der Waals surface area contributed by atoms with Crippen LogP contribution >= 0.6 is 0 Å². The molecule has 0 aromatic heterocycles. The fourth-order valence-electron chi connectivity index (χ4n) is 1.94. The lowest BCUT2D eigenvalue weighted by Gasteiger charge is -2.36. The highest BCUT2D eigenvalue weighted by molar-refractivity contribution is 6.08. The minimum absolute atomic E-state index is 0.0889. The molecule has 96 valence electrons. The lowest BCUT2D eigenvalue weighted by molar-refractivity contribution is 0.221. The zero-order chi connectivity index (χ0) is 13.4. The quantitative estimate of drug-likeness (QED) is 0.733. The largest absolute Gasteiger partial charge is 0.508 e. The van der Waals surface area contributed by atoms with Crippen molar-refractivity contribution < 1.29 is 15.1 Å². The fraction of sp³-hybridized carbons (Fsp3) is 0. The molecule has 0 aliphatic carbocycles. The van der Waals surface area contributed by atoms with Crippen LogP contribution in [0.15, 0.2) is 48.5 Å². The highest BCUT2D eigenvalue weighted by atomic mass is 16.6. The van der Waals surface area contributed by atoms with Crippen LogP contribution in [-0.4, -0.2) is 16.3 Å². The van der Waals surface area contributed by atoms with Crippen molar-refractivity contribution in [1.29, 1.82) is 0 Å². The number of amides is 2. The van der Waals surface area contributed by atoms with Crippen molar-refractivity contribution in [3.63, 3.8) is 0 Å². The Labute approximate surface area is 109 Å². The van der Waals surface area contributed by atoms with Crippen LogP contribution in [0, 0.1) is 0 Å². The first-order chi connectivity index (χ1) is 9.16. The van der Waals surface area contributed by atoms with Gasteiger partial charge in [0.15, 0.2) is 0 Å². The number of phenolic OH excluding ortho intramolecular Hbond substituents is 1. The highest BCUT2D eigenvalue weighted by Crippen LogP contribution is 2.33. The highest BCUT2D eigenvalue weighted by Gasteiger charge is 2.30. The molecule has 1 aliphatic rings. The van der Waals surface area contributed by atoms with E-state index in [1.54, 1.807) is 24.3 Å². The van der Waals surface area contributed by atoms with Gasteiger partial charge in [0.2, 0.25) is 0 Å². The van der Waals surface area contributed by atoms with E-state index in [2.05, 4.69) is 5.32 Å². The molecule has 0 fully saturated rings. The van der Waals surface area contributed by atoms with Gasteiger partial charge in [0.05, 0.1) is 11.4 Å². The normalized spacial score (nSPS) is 14.1. The number of hydrogen-bond acceptors (Lipinski definition) is 4. The number of aromatic hydroxyl groups is 1. The fourth-order valence-corrected chi connectivity index (χ4v) is 1.94. The summed E-state index contributed by atoms with van der Waals surface area (Å²) in [5.41, 5.74) is 1.44. The van der Waals surface area contributed by atoms with Crippen LogP contribution in [0.5, 0.6) is 5.75 Å². The molecule has 19 heavy (non-hydrogen) atoms. The summed E-state index contributed by atoms with van der Waals surface area (Å²) in [6, 6.07) is 12.4. The second-order valence-electron chi connectivity index (χ2n) is 4.06. The smallest absolute Gasteiger partial charge is 0.347 e. The van der Waals surface area contributed by atoms with Gasteiger partial charge in [0.25, 0.3) is 0 Å². The first-order valence-corrected chi connectivity index (χ1v) is 5.65. The molecular weight excluding hydrogens is 246 g/mol. The molecule has 6 nitrogen and oxygen atoms in total. The molecule has 2 amide bonds. The van der Waals surface area contributed by atoms with Crippen molar-refractivity contribution in [3.05, 3.63) is 48.5 Å². The molecule has 3 rings (SSSR count). The van der Waals surface area contributed by atoms with Gasteiger partial charge in [-0.2, -0.15) is 10.2 Å². The van der Waals surface area contributed by atoms with E-state index < -0.39 is 6.03 Å². The average molecular weight is 257 g/mol. The van der Waals surface area contributed by atoms with E-state index in [0.29, 0.717) is 17.1 Å². The lowest BCUT2D eigenvalue weighted by Crippen LogP contribution is -2.50. The molecule has 3 N–H and O–H groups in total. The van der Waals surface area contributed by atoms with Gasteiger partial charge in [-0.15, -0.1) is 0 Å². The Morgan fingerprint density at radius 3 is 2.42 bits per heavy atom. The van der Waals surface area contributed by atoms with Gasteiger partial charge >= 0.3 is 6.03 Å². The summed E-state index contributed by atoms with van der Waals surface area (Å²) in [7, 11) is 0. The number of anilines is 3. The number of carbonyl (C=O) groups excluding carboxylic acids is 1. The molecule has 0 spiro atoms. The van der Waals surface area contributed by atoms with Gasteiger partial charge in [-0.25, -0.2) is 4.79 Å². The molecule has 2 aromatic rings. The summed E-state index contributed by atoms with van der Waals surface area (Å²) in [5, 5.41) is 23.9. The number of urea groups is 1. The zero-order valence-electron chi connectivity index (χ0n) is 9.82. The summed E-state index contributed by atoms with van der Waals surface area (Å²) >= 11 is 0. The van der Waals surface area contributed by atoms with Crippen LogP contribution in [0.2, 0.25) is 0 Å². The summed E-state index contributed by atoms with van der Waals surface area (Å²) in [5.74, 6) is 0.0889. The predicted octanol–water partition coefficient (Wildman–Crippen LogP) is 2.55. The molecule has 6 heteroatoms. The number of fused-ring (bicyclic) bond motifs is 1. The van der Waals surface area contributed by atoms with Gasteiger partial charge in [-0.1, -0.05) is 12.1 Å². The second-order valence-corrected chi connectivity index (χ2v) is 4.06. The van der Waals surface area contributed by atoms with Crippen molar-refractivity contribution in [1.82, 2.24) is 0 Å². The summed E-state index contributed by atoms with van der Waals surface area (Å²) < 4.78 is 0. The third kappa shape index (κ3) is 1.84. The molecule has 0 saturated carbocycles. The number of carbonyl (C=O) groups is 1. The number of para-hydroxylation sites is 2.